The van der Waals surface area contributed by atoms with Crippen molar-refractivity contribution < 1.29 is 13.2 Å². The van der Waals surface area contributed by atoms with Gasteiger partial charge in [0.1, 0.15) is 29.1 Å². The maximum atomic E-state index is 14.8. The topological polar surface area (TPSA) is 23.8 Å². The Hall–Kier alpha value is -3.32. The molecular weight excluding hydrogens is 347 g/mol. The van der Waals surface area contributed by atoms with Gasteiger partial charge in [0.2, 0.25) is 0 Å². The smallest absolute Gasteiger partial charge is 0.144 e. The first-order chi connectivity index (χ1) is 13.0. The van der Waals surface area contributed by atoms with Crippen molar-refractivity contribution >= 4 is 21.5 Å². The second-order valence-corrected chi connectivity index (χ2v) is 6.45. The standard InChI is InChI=1S/C23H14F3N/c1-2-13-3-6-17-14(7-13)4-5-15-8-19(23(26)11-18(15)17)16-9-21(24)20(12-27)22(25)10-16/h3-11H,2H2,1H3. The summed E-state index contributed by atoms with van der Waals surface area (Å²) >= 11 is 0. The largest absolute Gasteiger partial charge is 0.206 e. The number of hydrogen-bond donors (Lipinski definition) is 0. The van der Waals surface area contributed by atoms with Crippen LogP contribution in [0, 0.1) is 28.8 Å². The third kappa shape index (κ3) is 2.82. The molecule has 0 bridgehead atoms. The molecule has 0 aliphatic carbocycles. The monoisotopic (exact) mass is 361 g/mol. The Bertz CT molecular complexity index is 1230. The van der Waals surface area contributed by atoms with E-state index in [1.165, 1.54) is 17.7 Å². The third-order valence-corrected chi connectivity index (χ3v) is 4.86. The second-order valence-electron chi connectivity index (χ2n) is 6.45. The van der Waals surface area contributed by atoms with Crippen LogP contribution in [-0.2, 0) is 6.42 Å². The van der Waals surface area contributed by atoms with Crippen LogP contribution in [0.2, 0.25) is 0 Å². The van der Waals surface area contributed by atoms with Crippen LogP contribution in [0.25, 0.3) is 32.7 Å². The van der Waals surface area contributed by atoms with Crippen LogP contribution >= 0.6 is 0 Å². The fourth-order valence-corrected chi connectivity index (χ4v) is 3.41. The Morgan fingerprint density at radius 3 is 2.07 bits per heavy atom. The Balaban J connectivity index is 1.95. The zero-order chi connectivity index (χ0) is 19.1. The number of benzene rings is 4. The van der Waals surface area contributed by atoms with Crippen molar-refractivity contribution in [3.05, 3.63) is 83.2 Å². The highest BCUT2D eigenvalue weighted by Gasteiger charge is 2.15. The molecule has 4 rings (SSSR count). The van der Waals surface area contributed by atoms with E-state index < -0.39 is 23.0 Å². The van der Waals surface area contributed by atoms with Crippen molar-refractivity contribution in [2.45, 2.75) is 13.3 Å². The van der Waals surface area contributed by atoms with E-state index in [4.69, 9.17) is 5.26 Å². The summed E-state index contributed by atoms with van der Waals surface area (Å²) in [5, 5.41) is 12.2. The van der Waals surface area contributed by atoms with E-state index in [-0.39, 0.29) is 11.1 Å². The lowest BCUT2D eigenvalue weighted by molar-refractivity contribution is 0.577. The van der Waals surface area contributed by atoms with Crippen molar-refractivity contribution in [1.29, 1.82) is 5.26 Å². The molecule has 0 unspecified atom stereocenters. The molecule has 4 heteroatoms. The average molecular weight is 361 g/mol. The lowest BCUT2D eigenvalue weighted by Gasteiger charge is -2.10. The predicted octanol–water partition coefficient (Wildman–Crippen LogP) is 6.51. The minimum atomic E-state index is -1.00. The molecular formula is C23H14F3N. The molecule has 0 aliphatic rings. The lowest BCUT2D eigenvalue weighted by atomic mass is 9.95. The quantitative estimate of drug-likeness (QED) is 0.373. The van der Waals surface area contributed by atoms with Crippen molar-refractivity contribution in [3.8, 4) is 17.2 Å². The van der Waals surface area contributed by atoms with E-state index in [1.807, 2.05) is 24.3 Å². The van der Waals surface area contributed by atoms with Gasteiger partial charge in [-0.1, -0.05) is 37.3 Å². The van der Waals surface area contributed by atoms with Gasteiger partial charge in [-0.15, -0.1) is 0 Å². The molecule has 0 heterocycles. The molecule has 0 aromatic heterocycles. The van der Waals surface area contributed by atoms with Crippen LogP contribution in [0.15, 0.2) is 54.6 Å². The Labute approximate surface area is 154 Å². The first-order valence-electron chi connectivity index (χ1n) is 8.56. The molecule has 0 atom stereocenters. The normalized spacial score (nSPS) is 11.1. The van der Waals surface area contributed by atoms with Gasteiger partial charge >= 0.3 is 0 Å². The lowest BCUT2D eigenvalue weighted by Crippen LogP contribution is -1.94. The molecule has 27 heavy (non-hydrogen) atoms. The van der Waals surface area contributed by atoms with Crippen molar-refractivity contribution in [2.75, 3.05) is 0 Å². The summed E-state index contributed by atoms with van der Waals surface area (Å²) in [7, 11) is 0. The van der Waals surface area contributed by atoms with E-state index in [2.05, 4.69) is 13.0 Å². The van der Waals surface area contributed by atoms with E-state index in [0.29, 0.717) is 0 Å². The van der Waals surface area contributed by atoms with Gasteiger partial charge in [-0.05, 0) is 63.4 Å². The average Bonchev–Trinajstić information content (AvgIpc) is 2.66. The summed E-state index contributed by atoms with van der Waals surface area (Å²) in [4.78, 5) is 0. The maximum Gasteiger partial charge on any atom is 0.144 e. The number of nitriles is 1. The summed E-state index contributed by atoms with van der Waals surface area (Å²) < 4.78 is 42.7. The first kappa shape index (κ1) is 17.1. The second kappa shape index (κ2) is 6.44. The molecule has 4 aromatic carbocycles. The highest BCUT2D eigenvalue weighted by molar-refractivity contribution is 6.08. The number of halogens is 3. The third-order valence-electron chi connectivity index (χ3n) is 4.86. The number of aryl methyl sites for hydroxylation is 1. The predicted molar refractivity (Wildman–Crippen MR) is 101 cm³/mol. The Morgan fingerprint density at radius 1 is 0.778 bits per heavy atom. The number of fused-ring (bicyclic) bond motifs is 3. The van der Waals surface area contributed by atoms with Crippen LogP contribution < -0.4 is 0 Å². The van der Waals surface area contributed by atoms with E-state index in [9.17, 15) is 13.2 Å². The van der Waals surface area contributed by atoms with Gasteiger partial charge in [0, 0.05) is 5.56 Å². The molecule has 0 radical (unpaired) electrons. The summed E-state index contributed by atoms with van der Waals surface area (Å²) in [5.41, 5.74) is 0.680. The Kier molecular flexibility index (Phi) is 4.08. The fourth-order valence-electron chi connectivity index (χ4n) is 3.41. The van der Waals surface area contributed by atoms with Crippen molar-refractivity contribution in [1.82, 2.24) is 0 Å². The fraction of sp³-hybridized carbons (Fsp3) is 0.0870. The number of rotatable bonds is 2. The van der Waals surface area contributed by atoms with Crippen LogP contribution in [0.5, 0.6) is 0 Å². The molecule has 1 nitrogen and oxygen atoms in total. The van der Waals surface area contributed by atoms with Crippen LogP contribution in [0.3, 0.4) is 0 Å². The maximum absolute atomic E-state index is 14.8. The molecule has 0 spiro atoms. The van der Waals surface area contributed by atoms with E-state index in [1.54, 1.807) is 6.07 Å². The van der Waals surface area contributed by atoms with Gasteiger partial charge in [-0.3, -0.25) is 0 Å². The summed E-state index contributed by atoms with van der Waals surface area (Å²) in [6.45, 7) is 2.07. The SMILES string of the molecule is CCc1ccc2c(ccc3cc(-c4cc(F)c(C#N)c(F)c4)c(F)cc32)c1. The summed E-state index contributed by atoms with van der Waals surface area (Å²) in [6.07, 6.45) is 0.914. The zero-order valence-corrected chi connectivity index (χ0v) is 14.5. The van der Waals surface area contributed by atoms with Gasteiger partial charge in [0.25, 0.3) is 0 Å². The molecule has 132 valence electrons. The molecule has 0 fully saturated rings. The van der Waals surface area contributed by atoms with Crippen LogP contribution in [-0.4, -0.2) is 0 Å². The molecule has 4 aromatic rings. The first-order valence-corrected chi connectivity index (χ1v) is 8.56. The highest BCUT2D eigenvalue weighted by Crippen LogP contribution is 2.33. The Morgan fingerprint density at radius 2 is 1.44 bits per heavy atom. The molecule has 0 amide bonds. The van der Waals surface area contributed by atoms with E-state index >= 15 is 0 Å². The minimum absolute atomic E-state index is 0.0600. The van der Waals surface area contributed by atoms with Gasteiger partial charge in [0.15, 0.2) is 0 Å². The van der Waals surface area contributed by atoms with Crippen LogP contribution in [0.4, 0.5) is 13.2 Å². The summed E-state index contributed by atoms with van der Waals surface area (Å²) in [5.74, 6) is -2.58. The minimum Gasteiger partial charge on any atom is -0.206 e. The summed E-state index contributed by atoms with van der Waals surface area (Å²) in [6, 6.07) is 16.3. The highest BCUT2D eigenvalue weighted by atomic mass is 19.1. The van der Waals surface area contributed by atoms with Gasteiger partial charge < -0.3 is 0 Å². The van der Waals surface area contributed by atoms with Crippen molar-refractivity contribution in [2.24, 2.45) is 0 Å². The van der Waals surface area contributed by atoms with E-state index in [0.717, 1.165) is 40.1 Å². The molecule has 0 saturated carbocycles. The van der Waals surface area contributed by atoms with Gasteiger partial charge in [-0.25, -0.2) is 13.2 Å². The van der Waals surface area contributed by atoms with Crippen LogP contribution in [0.1, 0.15) is 18.1 Å². The molecule has 0 saturated heterocycles. The number of nitrogens with zero attached hydrogens (tertiary/aromatic N) is 1. The number of hydrogen-bond acceptors (Lipinski definition) is 1. The van der Waals surface area contributed by atoms with Crippen molar-refractivity contribution in [3.63, 3.8) is 0 Å². The van der Waals surface area contributed by atoms with Gasteiger partial charge in [-0.2, -0.15) is 5.26 Å². The molecule has 0 N–H and O–H groups in total. The molecule has 0 aliphatic heterocycles. The zero-order valence-electron chi connectivity index (χ0n) is 14.5. The van der Waals surface area contributed by atoms with Gasteiger partial charge in [0.05, 0.1) is 0 Å².